The Hall–Kier alpha value is -3.79. The molecule has 1 aromatic carbocycles. The van der Waals surface area contributed by atoms with Crippen molar-refractivity contribution in [3.63, 3.8) is 0 Å². The third-order valence-corrected chi connectivity index (χ3v) is 7.29. The van der Waals surface area contributed by atoms with Crippen molar-refractivity contribution >= 4 is 29.2 Å². The van der Waals surface area contributed by atoms with Gasteiger partial charge >= 0.3 is 0 Å². The van der Waals surface area contributed by atoms with Gasteiger partial charge in [0, 0.05) is 43.8 Å². The first-order valence-electron chi connectivity index (χ1n) is 12.6. The molecule has 0 unspecified atom stereocenters. The molecule has 2 aliphatic rings. The Morgan fingerprint density at radius 2 is 1.81 bits per heavy atom. The van der Waals surface area contributed by atoms with E-state index in [9.17, 15) is 5.11 Å². The van der Waals surface area contributed by atoms with E-state index in [-0.39, 0.29) is 11.8 Å². The number of phenols is 1. The summed E-state index contributed by atoms with van der Waals surface area (Å²) < 4.78 is 1.96. The summed E-state index contributed by atoms with van der Waals surface area (Å²) in [6.45, 7) is 3.76. The molecule has 0 amide bonds. The summed E-state index contributed by atoms with van der Waals surface area (Å²) in [4.78, 5) is 11.6. The number of phenolic OH excluding ortho intramolecular Hbond substituents is 1. The van der Waals surface area contributed by atoms with Crippen molar-refractivity contribution in [2.24, 2.45) is 5.73 Å². The summed E-state index contributed by atoms with van der Waals surface area (Å²) in [6, 6.07) is 7.16. The van der Waals surface area contributed by atoms with Gasteiger partial charge in [0.05, 0.1) is 11.7 Å². The average Bonchev–Trinajstić information content (AvgIpc) is 3.24. The molecule has 0 radical (unpaired) electrons. The summed E-state index contributed by atoms with van der Waals surface area (Å²) in [6.07, 6.45) is 9.84. The Morgan fingerprint density at radius 3 is 2.47 bits per heavy atom. The van der Waals surface area contributed by atoms with E-state index >= 15 is 0 Å². The molecule has 10 nitrogen and oxygen atoms in total. The topological polar surface area (TPSA) is 143 Å². The Bertz CT molecular complexity index is 1210. The molecule has 190 valence electrons. The number of hydrogen-bond acceptors (Lipinski definition) is 9. The first kappa shape index (κ1) is 23.9. The molecule has 0 aliphatic carbocycles. The van der Waals surface area contributed by atoms with Crippen LogP contribution in [0.1, 0.15) is 54.5 Å². The average molecular weight is 490 g/mol. The van der Waals surface area contributed by atoms with Crippen LogP contribution >= 0.6 is 0 Å². The quantitative estimate of drug-likeness (QED) is 0.353. The van der Waals surface area contributed by atoms with Crippen LogP contribution in [0, 0.1) is 0 Å². The van der Waals surface area contributed by atoms with Gasteiger partial charge in [-0.25, -0.2) is 9.97 Å². The van der Waals surface area contributed by atoms with E-state index in [1.165, 1.54) is 5.56 Å². The molecule has 4 heterocycles. The van der Waals surface area contributed by atoms with Gasteiger partial charge in [0.15, 0.2) is 5.82 Å². The number of nitrogens with two attached hydrogens (primary N) is 2. The molecule has 7 N–H and O–H groups in total. The highest BCUT2D eigenvalue weighted by atomic mass is 16.3. The minimum absolute atomic E-state index is 0.129. The smallest absolute Gasteiger partial charge is 0.225 e. The molecule has 10 heteroatoms. The molecule has 36 heavy (non-hydrogen) atoms. The number of aromatic nitrogens is 4. The van der Waals surface area contributed by atoms with Gasteiger partial charge in [-0.3, -0.25) is 4.68 Å². The number of aromatic hydroxyl groups is 1. The largest absolute Gasteiger partial charge is 0.507 e. The fraction of sp³-hybridized carbons (Fsp3) is 0.423. The highest BCUT2D eigenvalue weighted by Crippen LogP contribution is 2.34. The highest BCUT2D eigenvalue weighted by Gasteiger charge is 2.27. The normalized spacial score (nSPS) is 17.9. The minimum atomic E-state index is 0.129. The first-order chi connectivity index (χ1) is 17.5. The monoisotopic (exact) mass is 489 g/mol. The van der Waals surface area contributed by atoms with Crippen molar-refractivity contribution in [3.05, 3.63) is 53.5 Å². The van der Waals surface area contributed by atoms with Crippen LogP contribution in [-0.2, 0) is 0 Å². The summed E-state index contributed by atoms with van der Waals surface area (Å²) >= 11 is 0. The molecule has 2 fully saturated rings. The molecule has 2 saturated heterocycles. The van der Waals surface area contributed by atoms with Crippen molar-refractivity contribution in [2.45, 2.75) is 37.6 Å². The van der Waals surface area contributed by atoms with Crippen LogP contribution in [0.2, 0.25) is 0 Å². The second kappa shape index (κ2) is 10.4. The minimum Gasteiger partial charge on any atom is -0.507 e. The predicted octanol–water partition coefficient (Wildman–Crippen LogP) is 2.77. The van der Waals surface area contributed by atoms with Crippen LogP contribution in [0.4, 0.5) is 17.5 Å². The van der Waals surface area contributed by atoms with Crippen LogP contribution in [-0.4, -0.2) is 58.1 Å². The lowest BCUT2D eigenvalue weighted by Crippen LogP contribution is -2.36. The van der Waals surface area contributed by atoms with Crippen LogP contribution < -0.4 is 27.0 Å². The maximum atomic E-state index is 10.2. The van der Waals surface area contributed by atoms with Crippen LogP contribution in [0.5, 0.6) is 5.75 Å². The second-order valence-corrected chi connectivity index (χ2v) is 9.52. The zero-order valence-corrected chi connectivity index (χ0v) is 20.7. The number of piperidine rings is 2. The SMILES string of the molecule is CNc1nn(C2CCN(c3ncc(C4CCNCC4)cn3)CC2)c(/C=C(\N)c2ccccc2O)c1N. The molecular weight excluding hydrogens is 454 g/mol. The van der Waals surface area contributed by atoms with Gasteiger partial charge in [-0.1, -0.05) is 12.1 Å². The molecular formula is C26H35N9O. The lowest BCUT2D eigenvalue weighted by Gasteiger charge is -2.32. The van der Waals surface area contributed by atoms with E-state index < -0.39 is 0 Å². The van der Waals surface area contributed by atoms with Crippen LogP contribution in [0.3, 0.4) is 0 Å². The molecule has 0 bridgehead atoms. The number of hydrogen-bond donors (Lipinski definition) is 5. The zero-order valence-electron chi connectivity index (χ0n) is 20.7. The number of para-hydroxylation sites is 1. The zero-order chi connectivity index (χ0) is 25.1. The Morgan fingerprint density at radius 1 is 1.11 bits per heavy atom. The molecule has 5 rings (SSSR count). The van der Waals surface area contributed by atoms with Gasteiger partial charge in [0.1, 0.15) is 11.4 Å². The van der Waals surface area contributed by atoms with Gasteiger partial charge in [-0.2, -0.15) is 5.10 Å². The molecule has 2 aromatic heterocycles. The summed E-state index contributed by atoms with van der Waals surface area (Å²) in [7, 11) is 1.80. The van der Waals surface area contributed by atoms with Crippen molar-refractivity contribution < 1.29 is 5.11 Å². The van der Waals surface area contributed by atoms with Crippen molar-refractivity contribution in [1.29, 1.82) is 0 Å². The number of rotatable bonds is 6. The predicted molar refractivity (Wildman–Crippen MR) is 144 cm³/mol. The van der Waals surface area contributed by atoms with E-state index in [0.29, 0.717) is 28.7 Å². The maximum absolute atomic E-state index is 10.2. The van der Waals surface area contributed by atoms with Crippen molar-refractivity contribution in [3.8, 4) is 5.75 Å². The summed E-state index contributed by atoms with van der Waals surface area (Å²) in [5.74, 6) is 2.08. The van der Waals surface area contributed by atoms with Crippen LogP contribution in [0.15, 0.2) is 36.7 Å². The Balaban J connectivity index is 1.31. The van der Waals surface area contributed by atoms with Gasteiger partial charge in [0.25, 0.3) is 0 Å². The number of anilines is 3. The second-order valence-electron chi connectivity index (χ2n) is 9.52. The summed E-state index contributed by atoms with van der Waals surface area (Å²) in [5.41, 5.74) is 16.3. The summed E-state index contributed by atoms with van der Waals surface area (Å²) in [5, 5.41) is 21.4. The standard InChI is InChI=1S/C26H35N9O/c1-29-25-24(28)22(14-21(27)20-4-2-3-5-23(20)36)35(33-25)19-8-12-34(13-9-19)26-31-15-18(16-32-26)17-6-10-30-11-7-17/h2-5,14-17,19,30,36H,6-13,27-28H2,1H3,(H,29,33)/b21-14-. The maximum Gasteiger partial charge on any atom is 0.225 e. The van der Waals surface area contributed by atoms with Gasteiger partial charge < -0.3 is 32.1 Å². The number of nitrogens with zero attached hydrogens (tertiary/aromatic N) is 5. The number of nitrogens with one attached hydrogen (secondary N) is 2. The van der Waals surface area contributed by atoms with Gasteiger partial charge in [0.2, 0.25) is 5.95 Å². The Labute approximate surface area is 211 Å². The fourth-order valence-corrected chi connectivity index (χ4v) is 5.18. The van der Waals surface area contributed by atoms with E-state index in [0.717, 1.165) is 63.5 Å². The Kier molecular flexibility index (Phi) is 6.95. The van der Waals surface area contributed by atoms with Gasteiger partial charge in [-0.05, 0) is 68.5 Å². The van der Waals surface area contributed by atoms with Crippen molar-refractivity contribution in [1.82, 2.24) is 25.1 Å². The van der Waals surface area contributed by atoms with E-state index in [2.05, 4.69) is 15.5 Å². The van der Waals surface area contributed by atoms with E-state index in [1.807, 2.05) is 23.1 Å². The van der Waals surface area contributed by atoms with E-state index in [1.54, 1.807) is 31.3 Å². The molecule has 0 atom stereocenters. The van der Waals surface area contributed by atoms with Gasteiger partial charge in [-0.15, -0.1) is 0 Å². The molecule has 0 saturated carbocycles. The third kappa shape index (κ3) is 4.81. The van der Waals surface area contributed by atoms with Crippen LogP contribution in [0.25, 0.3) is 11.8 Å². The fourth-order valence-electron chi connectivity index (χ4n) is 5.18. The third-order valence-electron chi connectivity index (χ3n) is 7.29. The first-order valence-corrected chi connectivity index (χ1v) is 12.6. The number of nitrogen functional groups attached to an aromatic ring is 1. The van der Waals surface area contributed by atoms with E-state index in [4.69, 9.17) is 26.5 Å². The lowest BCUT2D eigenvalue weighted by molar-refractivity contribution is 0.364. The molecule has 3 aromatic rings. The number of benzene rings is 1. The lowest BCUT2D eigenvalue weighted by atomic mass is 9.92. The van der Waals surface area contributed by atoms with Crippen molar-refractivity contribution in [2.75, 3.05) is 49.2 Å². The molecule has 2 aliphatic heterocycles. The molecule has 0 spiro atoms. The highest BCUT2D eigenvalue weighted by molar-refractivity contribution is 5.86.